The number of methoxy groups -OCH3 is 1. The van der Waals surface area contributed by atoms with Gasteiger partial charge in [0, 0.05) is 46.1 Å². The van der Waals surface area contributed by atoms with Gasteiger partial charge in [-0.25, -0.2) is 4.98 Å². The van der Waals surface area contributed by atoms with Crippen LogP contribution in [-0.4, -0.2) is 23.0 Å². The molecule has 2 N–H and O–H groups in total. The number of ether oxygens (including phenoxy) is 1. The zero-order chi connectivity index (χ0) is 16.7. The summed E-state index contributed by atoms with van der Waals surface area (Å²) in [5, 5.41) is 4.03. The van der Waals surface area contributed by atoms with Gasteiger partial charge in [0.05, 0.1) is 7.11 Å². The highest BCUT2D eigenvalue weighted by Gasteiger charge is 2.44. The third kappa shape index (κ3) is 2.52. The Hall–Kier alpha value is -2.82. The predicted octanol–water partition coefficient (Wildman–Crippen LogP) is 3.98. The second-order valence-corrected chi connectivity index (χ2v) is 6.57. The SMILES string of the molecule is COc1cc(NC(=O)C2(C)CC2)ccc1-c1cnc2[nH]ccc2c1. The molecule has 1 saturated carbocycles. The maximum absolute atomic E-state index is 12.2. The van der Waals surface area contributed by atoms with Gasteiger partial charge in [-0.3, -0.25) is 4.79 Å². The minimum Gasteiger partial charge on any atom is -0.496 e. The van der Waals surface area contributed by atoms with Crippen molar-refractivity contribution in [2.45, 2.75) is 19.8 Å². The first-order valence-electron chi connectivity index (χ1n) is 8.02. The third-order valence-electron chi connectivity index (χ3n) is 4.72. The summed E-state index contributed by atoms with van der Waals surface area (Å²) >= 11 is 0. The number of pyridine rings is 1. The van der Waals surface area contributed by atoms with Gasteiger partial charge < -0.3 is 15.0 Å². The van der Waals surface area contributed by atoms with Gasteiger partial charge >= 0.3 is 0 Å². The van der Waals surface area contributed by atoms with E-state index in [9.17, 15) is 4.79 Å². The quantitative estimate of drug-likeness (QED) is 0.764. The molecule has 0 aliphatic heterocycles. The Morgan fingerprint density at radius 1 is 1.29 bits per heavy atom. The van der Waals surface area contributed by atoms with E-state index < -0.39 is 0 Å². The van der Waals surface area contributed by atoms with E-state index in [1.165, 1.54) is 0 Å². The molecule has 2 heterocycles. The van der Waals surface area contributed by atoms with Crippen molar-refractivity contribution >= 4 is 22.6 Å². The van der Waals surface area contributed by atoms with Gasteiger partial charge in [0.2, 0.25) is 5.91 Å². The first-order valence-corrected chi connectivity index (χ1v) is 8.02. The van der Waals surface area contributed by atoms with E-state index in [4.69, 9.17) is 4.74 Å². The fraction of sp³-hybridized carbons (Fsp3) is 0.263. The number of anilines is 1. The van der Waals surface area contributed by atoms with Crippen molar-refractivity contribution in [2.24, 2.45) is 5.41 Å². The number of H-pyrrole nitrogens is 1. The molecule has 1 aliphatic carbocycles. The average molecular weight is 321 g/mol. The van der Waals surface area contributed by atoms with E-state index in [-0.39, 0.29) is 11.3 Å². The molecule has 0 unspecified atom stereocenters. The molecule has 24 heavy (non-hydrogen) atoms. The maximum Gasteiger partial charge on any atom is 0.230 e. The highest BCUT2D eigenvalue weighted by atomic mass is 16.5. The number of carbonyl (C=O) groups excluding carboxylic acids is 1. The number of fused-ring (bicyclic) bond motifs is 1. The fourth-order valence-corrected chi connectivity index (χ4v) is 2.79. The Morgan fingerprint density at radius 3 is 2.88 bits per heavy atom. The van der Waals surface area contributed by atoms with Crippen LogP contribution in [0.15, 0.2) is 42.7 Å². The average Bonchev–Trinajstić information content (AvgIpc) is 3.18. The third-order valence-corrected chi connectivity index (χ3v) is 4.72. The monoisotopic (exact) mass is 321 g/mol. The zero-order valence-electron chi connectivity index (χ0n) is 13.7. The fourth-order valence-electron chi connectivity index (χ4n) is 2.79. The molecule has 3 aromatic rings. The molecule has 0 atom stereocenters. The van der Waals surface area contributed by atoms with Crippen LogP contribution in [0.1, 0.15) is 19.8 Å². The van der Waals surface area contributed by atoms with E-state index in [2.05, 4.69) is 21.4 Å². The molecular formula is C19H19N3O2. The van der Waals surface area contributed by atoms with Crippen LogP contribution >= 0.6 is 0 Å². The Labute approximate surface area is 140 Å². The van der Waals surface area contributed by atoms with Gasteiger partial charge in [-0.05, 0) is 37.1 Å². The highest BCUT2D eigenvalue weighted by Crippen LogP contribution is 2.46. The summed E-state index contributed by atoms with van der Waals surface area (Å²) in [4.78, 5) is 19.7. The lowest BCUT2D eigenvalue weighted by Gasteiger charge is -2.13. The first-order chi connectivity index (χ1) is 11.6. The predicted molar refractivity (Wildman–Crippen MR) is 94.1 cm³/mol. The van der Waals surface area contributed by atoms with Crippen LogP contribution in [0.2, 0.25) is 0 Å². The molecule has 122 valence electrons. The van der Waals surface area contributed by atoms with Crippen LogP contribution in [0.25, 0.3) is 22.2 Å². The van der Waals surface area contributed by atoms with Gasteiger partial charge in [0.1, 0.15) is 11.4 Å². The second kappa shape index (κ2) is 5.37. The summed E-state index contributed by atoms with van der Waals surface area (Å²) in [5.41, 5.74) is 3.34. The molecule has 0 spiro atoms. The molecule has 0 bridgehead atoms. The van der Waals surface area contributed by atoms with Crippen molar-refractivity contribution in [3.05, 3.63) is 42.7 Å². The number of aromatic nitrogens is 2. The number of aromatic amines is 1. The Balaban J connectivity index is 1.67. The number of nitrogens with one attached hydrogen (secondary N) is 2. The topological polar surface area (TPSA) is 67.0 Å². The van der Waals surface area contributed by atoms with Crippen molar-refractivity contribution in [3.8, 4) is 16.9 Å². The van der Waals surface area contributed by atoms with Crippen LogP contribution in [0.3, 0.4) is 0 Å². The number of hydrogen-bond acceptors (Lipinski definition) is 3. The number of benzene rings is 1. The number of amides is 1. The van der Waals surface area contributed by atoms with Crippen molar-refractivity contribution < 1.29 is 9.53 Å². The second-order valence-electron chi connectivity index (χ2n) is 6.57. The molecule has 1 amide bonds. The number of rotatable bonds is 4. The number of nitrogens with zero attached hydrogens (tertiary/aromatic N) is 1. The standard InChI is InChI=1S/C19H19N3O2/c1-19(6-7-19)18(23)22-14-3-4-15(16(10-14)24-2)13-9-12-5-8-20-17(12)21-11-13/h3-5,8-11H,6-7H2,1-2H3,(H,20,21)(H,22,23). The lowest BCUT2D eigenvalue weighted by atomic mass is 10.0. The largest absolute Gasteiger partial charge is 0.496 e. The Bertz CT molecular complexity index is 925. The summed E-state index contributed by atoms with van der Waals surface area (Å²) in [6.07, 6.45) is 5.60. The van der Waals surface area contributed by atoms with Crippen LogP contribution in [0.5, 0.6) is 5.75 Å². The molecule has 4 rings (SSSR count). The number of carbonyl (C=O) groups is 1. The summed E-state index contributed by atoms with van der Waals surface area (Å²) < 4.78 is 5.53. The van der Waals surface area contributed by atoms with Gasteiger partial charge in [0.15, 0.2) is 0 Å². The molecule has 2 aromatic heterocycles. The minimum atomic E-state index is -0.199. The van der Waals surface area contributed by atoms with Gasteiger partial charge in [-0.1, -0.05) is 6.92 Å². The van der Waals surface area contributed by atoms with E-state index in [1.807, 2.05) is 43.6 Å². The molecular weight excluding hydrogens is 302 g/mol. The van der Waals surface area contributed by atoms with E-state index in [1.54, 1.807) is 7.11 Å². The minimum absolute atomic E-state index is 0.0766. The van der Waals surface area contributed by atoms with E-state index >= 15 is 0 Å². The Morgan fingerprint density at radius 2 is 2.12 bits per heavy atom. The molecule has 5 heteroatoms. The first kappa shape index (κ1) is 14.8. The molecule has 5 nitrogen and oxygen atoms in total. The van der Waals surface area contributed by atoms with E-state index in [0.717, 1.165) is 40.7 Å². The lowest BCUT2D eigenvalue weighted by molar-refractivity contribution is -0.120. The van der Waals surface area contributed by atoms with Crippen LogP contribution < -0.4 is 10.1 Å². The summed E-state index contributed by atoms with van der Waals surface area (Å²) in [6.45, 7) is 1.99. The smallest absolute Gasteiger partial charge is 0.230 e. The van der Waals surface area contributed by atoms with Crippen molar-refractivity contribution in [1.29, 1.82) is 0 Å². The molecule has 1 aliphatic rings. The van der Waals surface area contributed by atoms with Crippen molar-refractivity contribution in [3.63, 3.8) is 0 Å². The van der Waals surface area contributed by atoms with Crippen LogP contribution in [0, 0.1) is 5.41 Å². The van der Waals surface area contributed by atoms with E-state index in [0.29, 0.717) is 5.75 Å². The highest BCUT2D eigenvalue weighted by molar-refractivity contribution is 5.97. The van der Waals surface area contributed by atoms with Gasteiger partial charge in [-0.15, -0.1) is 0 Å². The summed E-state index contributed by atoms with van der Waals surface area (Å²) in [5.74, 6) is 0.790. The Kier molecular flexibility index (Phi) is 3.30. The van der Waals surface area contributed by atoms with Crippen LogP contribution in [-0.2, 0) is 4.79 Å². The molecule has 0 saturated heterocycles. The number of hydrogen-bond donors (Lipinski definition) is 2. The van der Waals surface area contributed by atoms with Crippen LogP contribution in [0.4, 0.5) is 5.69 Å². The molecule has 1 fully saturated rings. The van der Waals surface area contributed by atoms with Gasteiger partial charge in [-0.2, -0.15) is 0 Å². The lowest BCUT2D eigenvalue weighted by Crippen LogP contribution is -2.21. The van der Waals surface area contributed by atoms with Gasteiger partial charge in [0.25, 0.3) is 0 Å². The summed E-state index contributed by atoms with van der Waals surface area (Å²) in [6, 6.07) is 9.78. The zero-order valence-corrected chi connectivity index (χ0v) is 13.7. The maximum atomic E-state index is 12.2. The van der Waals surface area contributed by atoms with Crippen molar-refractivity contribution in [2.75, 3.05) is 12.4 Å². The normalized spacial score (nSPS) is 15.2. The molecule has 1 aromatic carbocycles. The molecule has 0 radical (unpaired) electrons. The summed E-state index contributed by atoms with van der Waals surface area (Å²) in [7, 11) is 1.63. The van der Waals surface area contributed by atoms with Crippen molar-refractivity contribution in [1.82, 2.24) is 9.97 Å².